The third-order valence-electron chi connectivity index (χ3n) is 4.57. The number of para-hydroxylation sites is 2. The van der Waals surface area contributed by atoms with Crippen LogP contribution in [0.15, 0.2) is 54.6 Å². The van der Waals surface area contributed by atoms with Crippen LogP contribution in [-0.4, -0.2) is 57.3 Å². The zero-order chi connectivity index (χ0) is 20.2. The Hall–Kier alpha value is -3.68. The molecule has 4 rings (SSSR count). The van der Waals surface area contributed by atoms with E-state index in [4.69, 9.17) is 9.47 Å². The van der Waals surface area contributed by atoms with Crippen LogP contribution in [0.3, 0.4) is 0 Å². The van der Waals surface area contributed by atoms with Crippen LogP contribution in [0.4, 0.5) is 0 Å². The Kier molecular flexibility index (Phi) is 5.24. The predicted molar refractivity (Wildman–Crippen MR) is 107 cm³/mol. The van der Waals surface area contributed by atoms with E-state index in [9.17, 15) is 4.79 Å². The topological polar surface area (TPSA) is 82.4 Å². The Bertz CT molecular complexity index is 1030. The Labute approximate surface area is 168 Å². The van der Waals surface area contributed by atoms with Crippen molar-refractivity contribution in [2.45, 2.75) is 13.0 Å². The molecule has 0 saturated heterocycles. The number of fused-ring (bicyclic) bond motifs is 1. The zero-order valence-corrected chi connectivity index (χ0v) is 16.2. The summed E-state index contributed by atoms with van der Waals surface area (Å²) in [6.07, 6.45) is 1.50. The summed E-state index contributed by atoms with van der Waals surface area (Å²) in [5.41, 5.74) is 1.24. The molecule has 0 bridgehead atoms. The Balaban J connectivity index is 1.55. The van der Waals surface area contributed by atoms with Gasteiger partial charge in [-0.05, 0) is 41.1 Å². The molecular weight excluding hydrogens is 370 g/mol. The molecule has 148 valence electrons. The van der Waals surface area contributed by atoms with Crippen molar-refractivity contribution in [3.8, 4) is 11.5 Å². The standard InChI is InChI=1S/C21H21N5O3/c1-15-22-23-24-26(15)18(12-16-8-4-3-5-9-16)21(27)25(2)13-17-14-28-19-10-6-7-11-20(19)29-17/h3-12,17H,13-14H2,1-2H3/b18-12+. The van der Waals surface area contributed by atoms with E-state index in [2.05, 4.69) is 15.5 Å². The average Bonchev–Trinajstić information content (AvgIpc) is 3.17. The van der Waals surface area contributed by atoms with Crippen LogP contribution in [0.1, 0.15) is 11.4 Å². The number of aryl methyl sites for hydroxylation is 1. The quantitative estimate of drug-likeness (QED) is 0.621. The van der Waals surface area contributed by atoms with E-state index in [1.807, 2.05) is 54.6 Å². The number of likely N-dealkylation sites (N-methyl/N-ethyl adjacent to an activating group) is 1. The van der Waals surface area contributed by atoms with E-state index in [1.165, 1.54) is 4.68 Å². The molecule has 1 aliphatic rings. The molecule has 8 nitrogen and oxygen atoms in total. The van der Waals surface area contributed by atoms with Crippen LogP contribution in [-0.2, 0) is 4.79 Å². The minimum atomic E-state index is -0.271. The second-order valence-electron chi connectivity index (χ2n) is 6.76. The van der Waals surface area contributed by atoms with E-state index >= 15 is 0 Å². The third-order valence-corrected chi connectivity index (χ3v) is 4.57. The molecule has 1 atom stereocenters. The molecule has 1 amide bonds. The van der Waals surface area contributed by atoms with Crippen molar-refractivity contribution in [1.82, 2.24) is 25.1 Å². The number of amides is 1. The van der Waals surface area contributed by atoms with Gasteiger partial charge in [-0.2, -0.15) is 4.68 Å². The van der Waals surface area contributed by atoms with Crippen LogP contribution in [0.5, 0.6) is 11.5 Å². The molecular formula is C21H21N5O3. The average molecular weight is 391 g/mol. The molecule has 0 fully saturated rings. The molecule has 29 heavy (non-hydrogen) atoms. The normalized spacial score (nSPS) is 15.8. The van der Waals surface area contributed by atoms with Gasteiger partial charge < -0.3 is 14.4 Å². The van der Waals surface area contributed by atoms with Crippen molar-refractivity contribution in [2.24, 2.45) is 0 Å². The van der Waals surface area contributed by atoms with Crippen molar-refractivity contribution in [1.29, 1.82) is 0 Å². The first kappa shape index (κ1) is 18.7. The smallest absolute Gasteiger partial charge is 0.272 e. The number of carbonyl (C=O) groups excluding carboxylic acids is 1. The Morgan fingerprint density at radius 2 is 1.90 bits per heavy atom. The van der Waals surface area contributed by atoms with Crippen molar-refractivity contribution in [2.75, 3.05) is 20.2 Å². The lowest BCUT2D eigenvalue weighted by atomic mass is 10.2. The number of hydrogen-bond acceptors (Lipinski definition) is 6. The van der Waals surface area contributed by atoms with Crippen LogP contribution < -0.4 is 9.47 Å². The Morgan fingerprint density at radius 1 is 1.17 bits per heavy atom. The fourth-order valence-corrected chi connectivity index (χ4v) is 3.11. The lowest BCUT2D eigenvalue weighted by Crippen LogP contribution is -2.42. The lowest BCUT2D eigenvalue weighted by Gasteiger charge is -2.30. The van der Waals surface area contributed by atoms with Crippen LogP contribution in [0.25, 0.3) is 11.8 Å². The molecule has 1 aliphatic heterocycles. The monoisotopic (exact) mass is 391 g/mol. The minimum absolute atomic E-state index is 0.216. The van der Waals surface area contributed by atoms with Gasteiger partial charge in [-0.3, -0.25) is 4.79 Å². The van der Waals surface area contributed by atoms with E-state index in [1.54, 1.807) is 24.9 Å². The highest BCUT2D eigenvalue weighted by molar-refractivity contribution is 6.18. The van der Waals surface area contributed by atoms with Gasteiger partial charge in [-0.15, -0.1) is 5.10 Å². The summed E-state index contributed by atoms with van der Waals surface area (Å²) in [6.45, 7) is 2.48. The zero-order valence-electron chi connectivity index (χ0n) is 16.2. The maximum atomic E-state index is 13.3. The van der Waals surface area contributed by atoms with Gasteiger partial charge in [-0.25, -0.2) is 0 Å². The highest BCUT2D eigenvalue weighted by Crippen LogP contribution is 2.31. The van der Waals surface area contributed by atoms with Crippen molar-refractivity contribution < 1.29 is 14.3 Å². The number of aromatic nitrogens is 4. The molecule has 0 aliphatic carbocycles. The largest absolute Gasteiger partial charge is 0.486 e. The van der Waals surface area contributed by atoms with E-state index < -0.39 is 0 Å². The van der Waals surface area contributed by atoms with Gasteiger partial charge in [0.1, 0.15) is 12.3 Å². The molecule has 1 unspecified atom stereocenters. The highest BCUT2D eigenvalue weighted by Gasteiger charge is 2.26. The first-order chi connectivity index (χ1) is 14.1. The number of ether oxygens (including phenoxy) is 2. The summed E-state index contributed by atoms with van der Waals surface area (Å²) in [5, 5.41) is 11.6. The molecule has 0 saturated carbocycles. The molecule has 2 aromatic carbocycles. The number of hydrogen-bond donors (Lipinski definition) is 0. The van der Waals surface area contributed by atoms with Crippen LogP contribution in [0.2, 0.25) is 0 Å². The first-order valence-corrected chi connectivity index (χ1v) is 9.28. The van der Waals surface area contributed by atoms with Gasteiger partial charge in [0.05, 0.1) is 6.54 Å². The summed E-state index contributed by atoms with van der Waals surface area (Å²) in [4.78, 5) is 14.9. The third kappa shape index (κ3) is 4.11. The van der Waals surface area contributed by atoms with E-state index in [0.29, 0.717) is 36.2 Å². The van der Waals surface area contributed by atoms with Crippen molar-refractivity contribution in [3.05, 3.63) is 66.0 Å². The van der Waals surface area contributed by atoms with Crippen LogP contribution >= 0.6 is 0 Å². The molecule has 8 heteroatoms. The molecule has 1 aromatic heterocycles. The minimum Gasteiger partial charge on any atom is -0.486 e. The van der Waals surface area contributed by atoms with Crippen molar-refractivity contribution >= 4 is 17.7 Å². The van der Waals surface area contributed by atoms with Gasteiger partial charge in [0.25, 0.3) is 5.91 Å². The molecule has 2 heterocycles. The maximum absolute atomic E-state index is 13.3. The molecule has 0 N–H and O–H groups in total. The summed E-state index contributed by atoms with van der Waals surface area (Å²) in [6, 6.07) is 17.1. The van der Waals surface area contributed by atoms with E-state index in [-0.39, 0.29) is 12.0 Å². The van der Waals surface area contributed by atoms with Crippen LogP contribution in [0, 0.1) is 6.92 Å². The predicted octanol–water partition coefficient (Wildman–Crippen LogP) is 2.28. The van der Waals surface area contributed by atoms with Gasteiger partial charge in [0.2, 0.25) is 0 Å². The fourth-order valence-electron chi connectivity index (χ4n) is 3.11. The number of rotatable bonds is 5. The summed E-state index contributed by atoms with van der Waals surface area (Å²) >= 11 is 0. The number of carbonyl (C=O) groups is 1. The second-order valence-corrected chi connectivity index (χ2v) is 6.76. The Morgan fingerprint density at radius 3 is 2.62 bits per heavy atom. The van der Waals surface area contributed by atoms with Gasteiger partial charge in [0.15, 0.2) is 23.4 Å². The van der Waals surface area contributed by atoms with E-state index in [0.717, 1.165) is 5.56 Å². The summed E-state index contributed by atoms with van der Waals surface area (Å²) in [7, 11) is 1.73. The van der Waals surface area contributed by atoms with Gasteiger partial charge in [-0.1, -0.05) is 42.5 Å². The fraction of sp³-hybridized carbons (Fsp3) is 0.238. The maximum Gasteiger partial charge on any atom is 0.272 e. The summed E-state index contributed by atoms with van der Waals surface area (Å²) in [5.74, 6) is 1.71. The summed E-state index contributed by atoms with van der Waals surface area (Å²) < 4.78 is 13.2. The van der Waals surface area contributed by atoms with Gasteiger partial charge in [0, 0.05) is 7.05 Å². The number of nitrogens with zero attached hydrogens (tertiary/aromatic N) is 5. The first-order valence-electron chi connectivity index (χ1n) is 9.28. The number of benzene rings is 2. The molecule has 3 aromatic rings. The number of tetrazole rings is 1. The lowest BCUT2D eigenvalue weighted by molar-refractivity contribution is -0.125. The molecule has 0 spiro atoms. The molecule has 0 radical (unpaired) electrons. The van der Waals surface area contributed by atoms with Gasteiger partial charge >= 0.3 is 0 Å². The van der Waals surface area contributed by atoms with Crippen molar-refractivity contribution in [3.63, 3.8) is 0 Å². The SMILES string of the molecule is Cc1nnnn1/C(=C/c1ccccc1)C(=O)N(C)CC1COc2ccccc2O1. The highest BCUT2D eigenvalue weighted by atomic mass is 16.6. The second kappa shape index (κ2) is 8.14.